The van der Waals surface area contributed by atoms with Gasteiger partial charge in [0.15, 0.2) is 6.61 Å². The van der Waals surface area contributed by atoms with E-state index in [9.17, 15) is 8.42 Å². The lowest BCUT2D eigenvalue weighted by molar-refractivity contribution is 0.287. The number of sulfonamides is 1. The Labute approximate surface area is 128 Å². The second kappa shape index (κ2) is 6.01. The number of rotatable bonds is 7. The van der Waals surface area contributed by atoms with Crippen LogP contribution in [0.4, 0.5) is 0 Å². The van der Waals surface area contributed by atoms with Crippen LogP contribution in [-0.2, 0) is 23.7 Å². The van der Waals surface area contributed by atoms with E-state index >= 15 is 0 Å². The highest BCUT2D eigenvalue weighted by atomic mass is 32.2. The number of aromatic nitrogens is 4. The van der Waals surface area contributed by atoms with Gasteiger partial charge in [-0.05, 0) is 36.1 Å². The predicted molar refractivity (Wildman–Crippen MR) is 77.5 cm³/mol. The summed E-state index contributed by atoms with van der Waals surface area (Å²) in [6.45, 7) is 0.533. The summed E-state index contributed by atoms with van der Waals surface area (Å²) in [6, 6.07) is 6.52. The minimum absolute atomic E-state index is 0.0585. The molecule has 1 aromatic heterocycles. The van der Waals surface area contributed by atoms with Gasteiger partial charge < -0.3 is 4.74 Å². The van der Waals surface area contributed by atoms with E-state index in [0.717, 1.165) is 12.8 Å². The summed E-state index contributed by atoms with van der Waals surface area (Å²) in [5.41, 5.74) is 0. The third-order valence-electron chi connectivity index (χ3n) is 3.30. The van der Waals surface area contributed by atoms with E-state index < -0.39 is 10.0 Å². The first-order chi connectivity index (χ1) is 10.5. The van der Waals surface area contributed by atoms with Crippen LogP contribution in [0.2, 0.25) is 0 Å². The van der Waals surface area contributed by atoms with Crippen molar-refractivity contribution in [3.8, 4) is 5.75 Å². The number of benzene rings is 1. The lowest BCUT2D eigenvalue weighted by atomic mass is 10.3. The monoisotopic (exact) mass is 323 g/mol. The maximum absolute atomic E-state index is 12.4. The fourth-order valence-corrected chi connectivity index (χ4v) is 3.20. The normalized spacial score (nSPS) is 15.0. The van der Waals surface area contributed by atoms with Gasteiger partial charge in [-0.3, -0.25) is 0 Å². The summed E-state index contributed by atoms with van der Waals surface area (Å²) in [7, 11) is -1.93. The molecule has 1 fully saturated rings. The van der Waals surface area contributed by atoms with Crippen molar-refractivity contribution in [3.05, 3.63) is 30.1 Å². The molecule has 1 aliphatic rings. The van der Waals surface area contributed by atoms with Gasteiger partial charge in [0.2, 0.25) is 15.8 Å². The quantitative estimate of drug-likeness (QED) is 0.795. The van der Waals surface area contributed by atoms with Gasteiger partial charge in [0, 0.05) is 6.54 Å². The summed E-state index contributed by atoms with van der Waals surface area (Å²) in [5, 5.41) is 11.5. The van der Waals surface area contributed by atoms with E-state index in [4.69, 9.17) is 4.74 Å². The molecule has 1 aromatic carbocycles. The molecule has 0 radical (unpaired) electrons. The smallest absolute Gasteiger partial charge is 0.244 e. The number of hydrogen-bond donors (Lipinski definition) is 1. The Morgan fingerprint density at radius 2 is 2.14 bits per heavy atom. The lowest BCUT2D eigenvalue weighted by Gasteiger charge is -2.11. The SMILES string of the molecule is Cn1nnc(COc2ccccc2S(=O)(=O)NCC2CC2)n1. The van der Waals surface area contributed by atoms with Crippen molar-refractivity contribution in [2.24, 2.45) is 13.0 Å². The van der Waals surface area contributed by atoms with Gasteiger partial charge in [-0.2, -0.15) is 4.80 Å². The van der Waals surface area contributed by atoms with Crippen molar-refractivity contribution in [2.75, 3.05) is 6.54 Å². The Morgan fingerprint density at radius 3 is 2.82 bits per heavy atom. The Hall–Kier alpha value is -2.00. The molecular weight excluding hydrogens is 306 g/mol. The second-order valence-electron chi connectivity index (χ2n) is 5.23. The highest BCUT2D eigenvalue weighted by Gasteiger charge is 2.26. The number of nitrogens with zero attached hydrogens (tertiary/aromatic N) is 4. The van der Waals surface area contributed by atoms with Crippen LogP contribution in [0.15, 0.2) is 29.2 Å². The van der Waals surface area contributed by atoms with Crippen molar-refractivity contribution in [1.82, 2.24) is 24.9 Å². The van der Waals surface area contributed by atoms with Crippen LogP contribution < -0.4 is 9.46 Å². The van der Waals surface area contributed by atoms with Gasteiger partial charge >= 0.3 is 0 Å². The van der Waals surface area contributed by atoms with E-state index in [0.29, 0.717) is 18.3 Å². The minimum atomic E-state index is -3.58. The average Bonchev–Trinajstić information content (AvgIpc) is 3.25. The fraction of sp³-hybridized carbons (Fsp3) is 0.462. The molecule has 1 aliphatic carbocycles. The summed E-state index contributed by atoms with van der Waals surface area (Å²) >= 11 is 0. The third-order valence-corrected chi connectivity index (χ3v) is 4.77. The van der Waals surface area contributed by atoms with Gasteiger partial charge in [-0.15, -0.1) is 10.2 Å². The van der Waals surface area contributed by atoms with E-state index in [1.54, 1.807) is 25.2 Å². The number of para-hydroxylation sites is 1. The van der Waals surface area contributed by atoms with E-state index in [2.05, 4.69) is 20.1 Å². The van der Waals surface area contributed by atoms with Crippen molar-refractivity contribution in [1.29, 1.82) is 0 Å². The standard InChI is InChI=1S/C13H17N5O3S/c1-18-16-13(15-17-18)9-21-11-4-2-3-5-12(11)22(19,20)14-8-10-6-7-10/h2-5,10,14H,6-9H2,1H3. The zero-order valence-corrected chi connectivity index (χ0v) is 13.0. The predicted octanol–water partition coefficient (Wildman–Crippen LogP) is 0.477. The lowest BCUT2D eigenvalue weighted by Crippen LogP contribution is -2.26. The fourth-order valence-electron chi connectivity index (χ4n) is 1.94. The molecule has 8 nitrogen and oxygen atoms in total. The van der Waals surface area contributed by atoms with E-state index in [1.165, 1.54) is 10.9 Å². The van der Waals surface area contributed by atoms with Gasteiger partial charge in [-0.1, -0.05) is 12.1 Å². The Bertz CT molecular complexity index is 755. The molecule has 2 aromatic rings. The largest absolute Gasteiger partial charge is 0.484 e. The molecular formula is C13H17N5O3S. The molecule has 0 atom stereocenters. The number of ether oxygens (including phenoxy) is 1. The summed E-state index contributed by atoms with van der Waals surface area (Å²) < 4.78 is 32.9. The highest BCUT2D eigenvalue weighted by Crippen LogP contribution is 2.29. The molecule has 0 amide bonds. The Balaban J connectivity index is 1.73. The van der Waals surface area contributed by atoms with Gasteiger partial charge in [0.1, 0.15) is 10.6 Å². The minimum Gasteiger partial charge on any atom is -0.484 e. The number of hydrogen-bond acceptors (Lipinski definition) is 6. The molecule has 1 saturated carbocycles. The van der Waals surface area contributed by atoms with Crippen molar-refractivity contribution in [2.45, 2.75) is 24.3 Å². The van der Waals surface area contributed by atoms with Crippen LogP contribution in [-0.4, -0.2) is 35.2 Å². The molecule has 0 unspecified atom stereocenters. The van der Waals surface area contributed by atoms with Gasteiger partial charge in [0.25, 0.3) is 0 Å². The molecule has 0 aliphatic heterocycles. The highest BCUT2D eigenvalue weighted by molar-refractivity contribution is 7.89. The number of tetrazole rings is 1. The van der Waals surface area contributed by atoms with Gasteiger partial charge in [-0.25, -0.2) is 13.1 Å². The van der Waals surface area contributed by atoms with Crippen LogP contribution in [0.3, 0.4) is 0 Å². The maximum Gasteiger partial charge on any atom is 0.244 e. The topological polar surface area (TPSA) is 99.0 Å². The summed E-state index contributed by atoms with van der Waals surface area (Å²) in [5.74, 6) is 1.13. The molecule has 9 heteroatoms. The van der Waals surface area contributed by atoms with Crippen molar-refractivity contribution < 1.29 is 13.2 Å². The Kier molecular flexibility index (Phi) is 4.08. The molecule has 118 valence electrons. The van der Waals surface area contributed by atoms with Crippen molar-refractivity contribution in [3.63, 3.8) is 0 Å². The van der Waals surface area contributed by atoms with E-state index in [1.807, 2.05) is 0 Å². The molecule has 0 spiro atoms. The third kappa shape index (κ3) is 3.60. The molecule has 1 N–H and O–H groups in total. The van der Waals surface area contributed by atoms with Gasteiger partial charge in [0.05, 0.1) is 7.05 Å². The first-order valence-electron chi connectivity index (χ1n) is 6.99. The molecule has 3 rings (SSSR count). The molecule has 1 heterocycles. The van der Waals surface area contributed by atoms with Crippen LogP contribution in [0, 0.1) is 5.92 Å². The Morgan fingerprint density at radius 1 is 1.36 bits per heavy atom. The van der Waals surface area contributed by atoms with Crippen LogP contribution in [0.25, 0.3) is 0 Å². The summed E-state index contributed by atoms with van der Waals surface area (Å²) in [4.78, 5) is 1.44. The molecule has 0 bridgehead atoms. The van der Waals surface area contributed by atoms with E-state index in [-0.39, 0.29) is 17.3 Å². The zero-order chi connectivity index (χ0) is 15.6. The maximum atomic E-state index is 12.4. The first kappa shape index (κ1) is 14.9. The van der Waals surface area contributed by atoms with Crippen LogP contribution in [0.5, 0.6) is 5.75 Å². The zero-order valence-electron chi connectivity index (χ0n) is 12.1. The molecule has 22 heavy (non-hydrogen) atoms. The van der Waals surface area contributed by atoms with Crippen LogP contribution >= 0.6 is 0 Å². The van der Waals surface area contributed by atoms with Crippen LogP contribution in [0.1, 0.15) is 18.7 Å². The number of nitrogens with one attached hydrogen (secondary N) is 1. The average molecular weight is 323 g/mol. The second-order valence-corrected chi connectivity index (χ2v) is 6.96. The summed E-state index contributed by atoms with van der Waals surface area (Å²) in [6.07, 6.45) is 2.16. The molecule has 0 saturated heterocycles. The van der Waals surface area contributed by atoms with Crippen molar-refractivity contribution >= 4 is 10.0 Å². The first-order valence-corrected chi connectivity index (χ1v) is 8.47. The number of aryl methyl sites for hydroxylation is 1.